The van der Waals surface area contributed by atoms with E-state index >= 15 is 0 Å². The summed E-state index contributed by atoms with van der Waals surface area (Å²) in [6.45, 7) is 0.161. The average Bonchev–Trinajstić information content (AvgIpc) is 1.58. The Morgan fingerprint density at radius 1 is 1.09 bits per heavy atom. The number of hydrogen-bond acceptors (Lipinski definition) is 2. The van der Waals surface area contributed by atoms with E-state index in [0.29, 0.717) is 0 Å². The molecule has 68 valence electrons. The molecule has 0 aromatic carbocycles. The summed E-state index contributed by atoms with van der Waals surface area (Å²) in [5.74, 6) is 0. The Balaban J connectivity index is 5.08. The SMILES string of the molecule is CC([18F])(P(=O)(O)O)P(=O)(O)O. The zero-order valence-corrected chi connectivity index (χ0v) is 7.17. The summed E-state index contributed by atoms with van der Waals surface area (Å²) in [4.78, 5) is 32.5. The highest BCUT2D eigenvalue weighted by Crippen LogP contribution is 2.69. The summed E-state index contributed by atoms with van der Waals surface area (Å²) in [6, 6.07) is 0. The normalized spacial score (nSPS) is 15.1. The maximum Gasteiger partial charge on any atom is 0.374 e. The molecule has 9 heteroatoms. The molecule has 0 bridgehead atoms. The van der Waals surface area contributed by atoms with Crippen molar-refractivity contribution in [2.24, 2.45) is 0 Å². The summed E-state index contributed by atoms with van der Waals surface area (Å²) >= 11 is 0. The van der Waals surface area contributed by atoms with Crippen LogP contribution in [0.15, 0.2) is 0 Å². The third-order valence-corrected chi connectivity index (χ3v) is 4.75. The van der Waals surface area contributed by atoms with Crippen molar-refractivity contribution < 1.29 is 33.1 Å². The Kier molecular flexibility index (Phi) is 2.68. The van der Waals surface area contributed by atoms with Gasteiger partial charge in [-0.15, -0.1) is 0 Å². The Morgan fingerprint density at radius 2 is 1.27 bits per heavy atom. The van der Waals surface area contributed by atoms with Gasteiger partial charge < -0.3 is 19.6 Å². The highest BCUT2D eigenvalue weighted by Gasteiger charge is 2.57. The minimum Gasteiger partial charge on any atom is -0.322 e. The van der Waals surface area contributed by atoms with Crippen LogP contribution >= 0.6 is 15.2 Å². The van der Waals surface area contributed by atoms with E-state index < -0.39 is 20.3 Å². The second-order valence-electron chi connectivity index (χ2n) is 1.99. The third kappa shape index (κ3) is 2.08. The van der Waals surface area contributed by atoms with Crippen molar-refractivity contribution in [2.75, 3.05) is 0 Å². The summed E-state index contributed by atoms with van der Waals surface area (Å²) in [5.41, 5.74) is 0. The van der Waals surface area contributed by atoms with E-state index in [9.17, 15) is 13.5 Å². The lowest BCUT2D eigenvalue weighted by Crippen LogP contribution is -2.17. The average molecular weight is 207 g/mol. The summed E-state index contributed by atoms with van der Waals surface area (Å²) in [5, 5.41) is -3.79. The lowest BCUT2D eigenvalue weighted by atomic mass is 10.9. The van der Waals surface area contributed by atoms with Gasteiger partial charge in [0.05, 0.1) is 0 Å². The van der Waals surface area contributed by atoms with E-state index in [4.69, 9.17) is 19.6 Å². The van der Waals surface area contributed by atoms with Crippen molar-refractivity contribution in [3.63, 3.8) is 0 Å². The standard InChI is InChI=1S/C2H7FO6P2/c1-2(3,10(4,5)6)11(7,8)9/h1H3,(H2,4,5,6)(H2,7,8,9)/i3-1. The van der Waals surface area contributed by atoms with Gasteiger partial charge in [0.1, 0.15) is 0 Å². The lowest BCUT2D eigenvalue weighted by Gasteiger charge is -2.21. The van der Waals surface area contributed by atoms with Gasteiger partial charge >= 0.3 is 20.3 Å². The molecule has 0 rings (SSSR count). The van der Waals surface area contributed by atoms with Crippen molar-refractivity contribution in [3.8, 4) is 0 Å². The van der Waals surface area contributed by atoms with Crippen LogP contribution in [-0.4, -0.2) is 24.7 Å². The molecular formula is C2H7FO6P2. The number of alkyl halides is 1. The van der Waals surface area contributed by atoms with E-state index in [1.165, 1.54) is 0 Å². The van der Waals surface area contributed by atoms with Crippen LogP contribution in [0.3, 0.4) is 0 Å². The van der Waals surface area contributed by atoms with E-state index in [-0.39, 0.29) is 6.92 Å². The Bertz CT molecular complexity index is 211. The molecule has 0 radical (unpaired) electrons. The van der Waals surface area contributed by atoms with Crippen LogP contribution in [-0.2, 0) is 9.13 Å². The van der Waals surface area contributed by atoms with E-state index in [2.05, 4.69) is 0 Å². The molecule has 0 amide bonds. The van der Waals surface area contributed by atoms with Gasteiger partial charge in [-0.1, -0.05) is 0 Å². The molecule has 6 nitrogen and oxygen atoms in total. The molecule has 0 heterocycles. The van der Waals surface area contributed by atoms with Crippen molar-refractivity contribution in [1.29, 1.82) is 0 Å². The first-order valence-electron chi connectivity index (χ1n) is 2.30. The van der Waals surface area contributed by atoms with Crippen molar-refractivity contribution >= 4 is 15.2 Å². The van der Waals surface area contributed by atoms with Crippen LogP contribution in [0.4, 0.5) is 4.39 Å². The van der Waals surface area contributed by atoms with Crippen LogP contribution in [0.1, 0.15) is 6.92 Å². The molecule has 0 aliphatic heterocycles. The molecule has 0 aromatic rings. The van der Waals surface area contributed by atoms with Crippen molar-refractivity contribution in [1.82, 2.24) is 0 Å². The Hall–Kier alpha value is 0.230. The Morgan fingerprint density at radius 3 is 1.27 bits per heavy atom. The van der Waals surface area contributed by atoms with E-state index in [0.717, 1.165) is 0 Å². The molecule has 11 heavy (non-hydrogen) atoms. The second-order valence-corrected chi connectivity index (χ2v) is 6.20. The minimum absolute atomic E-state index is 0.161. The van der Waals surface area contributed by atoms with Crippen LogP contribution in [0.2, 0.25) is 0 Å². The third-order valence-electron chi connectivity index (χ3n) is 1.06. The van der Waals surface area contributed by atoms with Gasteiger partial charge in [0.25, 0.3) is 0 Å². The van der Waals surface area contributed by atoms with Gasteiger partial charge in [-0.2, -0.15) is 0 Å². The molecule has 0 fully saturated rings. The lowest BCUT2D eigenvalue weighted by molar-refractivity contribution is 0.236. The second kappa shape index (κ2) is 2.62. The van der Waals surface area contributed by atoms with E-state index in [1.54, 1.807) is 0 Å². The summed E-state index contributed by atoms with van der Waals surface area (Å²) in [6.07, 6.45) is 0. The monoisotopic (exact) mass is 207 g/mol. The predicted octanol–water partition coefficient (Wildman–Crippen LogP) is -0.0150. The van der Waals surface area contributed by atoms with Crippen LogP contribution in [0.25, 0.3) is 0 Å². The smallest absolute Gasteiger partial charge is 0.322 e. The van der Waals surface area contributed by atoms with Crippen LogP contribution in [0, 0.1) is 0 Å². The maximum absolute atomic E-state index is 12.6. The predicted molar refractivity (Wildman–Crippen MR) is 33.6 cm³/mol. The van der Waals surface area contributed by atoms with Gasteiger partial charge in [-0.3, -0.25) is 9.13 Å². The van der Waals surface area contributed by atoms with Gasteiger partial charge in [0, 0.05) is 0 Å². The summed E-state index contributed by atoms with van der Waals surface area (Å²) in [7, 11) is -10.8. The van der Waals surface area contributed by atoms with Gasteiger partial charge in [0.15, 0.2) is 0 Å². The molecule has 0 spiro atoms. The highest BCUT2D eigenvalue weighted by molar-refractivity contribution is 7.72. The Labute approximate surface area is 61.4 Å². The molecule has 0 saturated heterocycles. The topological polar surface area (TPSA) is 115 Å². The fraction of sp³-hybridized carbons (Fsp3) is 1.00. The van der Waals surface area contributed by atoms with Crippen molar-refractivity contribution in [3.05, 3.63) is 0 Å². The van der Waals surface area contributed by atoms with Crippen LogP contribution < -0.4 is 0 Å². The molecular weight excluding hydrogens is 200 g/mol. The molecule has 0 saturated carbocycles. The zero-order valence-electron chi connectivity index (χ0n) is 5.38. The number of rotatable bonds is 2. The first-order chi connectivity index (χ1) is 4.50. The molecule has 0 atom stereocenters. The first-order valence-corrected chi connectivity index (χ1v) is 5.53. The highest BCUT2D eigenvalue weighted by atomic mass is 31.2. The van der Waals surface area contributed by atoms with Gasteiger partial charge in [0.2, 0.25) is 0 Å². The number of hydrogen-bond donors (Lipinski definition) is 4. The molecule has 0 unspecified atom stereocenters. The quantitative estimate of drug-likeness (QED) is 0.473. The first kappa shape index (κ1) is 11.2. The molecule has 0 aromatic heterocycles. The minimum atomic E-state index is -5.42. The zero-order chi connectivity index (χ0) is 9.50. The fourth-order valence-electron chi connectivity index (χ4n) is 0.170. The molecule has 4 N–H and O–H groups in total. The van der Waals surface area contributed by atoms with E-state index in [1.807, 2.05) is 0 Å². The van der Waals surface area contributed by atoms with Gasteiger partial charge in [-0.05, 0) is 6.92 Å². The summed E-state index contributed by atoms with van der Waals surface area (Å²) < 4.78 is 32.8. The molecule has 0 aliphatic carbocycles. The maximum atomic E-state index is 12.6. The fourth-order valence-corrected chi connectivity index (χ4v) is 1.53. The largest absolute Gasteiger partial charge is 0.374 e. The van der Waals surface area contributed by atoms with Crippen LogP contribution in [0.5, 0.6) is 0 Å². The van der Waals surface area contributed by atoms with Gasteiger partial charge in [-0.25, -0.2) is 4.39 Å². The van der Waals surface area contributed by atoms with Crippen molar-refractivity contribution in [2.45, 2.75) is 12.1 Å². The molecule has 0 aliphatic rings. The number of halogens is 1.